The van der Waals surface area contributed by atoms with E-state index in [1.165, 1.54) is 5.56 Å². The van der Waals surface area contributed by atoms with E-state index in [1.54, 1.807) is 0 Å². The van der Waals surface area contributed by atoms with Crippen molar-refractivity contribution in [1.29, 1.82) is 0 Å². The van der Waals surface area contributed by atoms with Gasteiger partial charge in [0.15, 0.2) is 5.76 Å². The van der Waals surface area contributed by atoms with E-state index in [2.05, 4.69) is 10.00 Å². The smallest absolute Gasteiger partial charge is 0.289 e. The topological polar surface area (TPSA) is 54.5 Å². The highest BCUT2D eigenvalue weighted by Gasteiger charge is 2.23. The molecule has 0 atom stereocenters. The maximum atomic E-state index is 12.8. The molecular weight excluding hydrogens is 316 g/mol. The lowest BCUT2D eigenvalue weighted by Crippen LogP contribution is -2.34. The molecule has 1 saturated heterocycles. The van der Waals surface area contributed by atoms with Crippen LogP contribution in [0, 0.1) is 0 Å². The van der Waals surface area contributed by atoms with Crippen molar-refractivity contribution < 1.29 is 9.21 Å². The average molecular weight is 338 g/mol. The van der Waals surface area contributed by atoms with Gasteiger partial charge in [0.05, 0.1) is 6.20 Å². The summed E-state index contributed by atoms with van der Waals surface area (Å²) in [5.41, 5.74) is 1.97. The van der Waals surface area contributed by atoms with Crippen LogP contribution in [-0.4, -0.2) is 51.7 Å². The van der Waals surface area contributed by atoms with Crippen LogP contribution in [0.1, 0.15) is 22.5 Å². The van der Waals surface area contributed by atoms with Gasteiger partial charge in [-0.2, -0.15) is 5.10 Å². The fraction of sp³-hybridized carbons (Fsp3) is 0.368. The second-order valence-electron chi connectivity index (χ2n) is 6.59. The molecule has 6 nitrogen and oxygen atoms in total. The first-order valence-electron chi connectivity index (χ1n) is 8.67. The maximum Gasteiger partial charge on any atom is 0.289 e. The molecular formula is C19H22N4O2. The van der Waals surface area contributed by atoms with Crippen LogP contribution in [0.25, 0.3) is 11.0 Å². The van der Waals surface area contributed by atoms with E-state index in [1.807, 2.05) is 59.4 Å². The molecule has 0 spiro atoms. The fourth-order valence-corrected chi connectivity index (χ4v) is 3.39. The number of nitrogens with zero attached hydrogens (tertiary/aromatic N) is 4. The molecule has 0 N–H and O–H groups in total. The lowest BCUT2D eigenvalue weighted by atomic mass is 10.2. The normalized spacial score (nSPS) is 16.3. The zero-order valence-corrected chi connectivity index (χ0v) is 14.4. The molecule has 3 aromatic rings. The quantitative estimate of drug-likeness (QED) is 0.736. The number of carbonyl (C=O) groups excluding carboxylic acids is 1. The van der Waals surface area contributed by atoms with Crippen LogP contribution >= 0.6 is 0 Å². The van der Waals surface area contributed by atoms with E-state index in [4.69, 9.17) is 4.42 Å². The summed E-state index contributed by atoms with van der Waals surface area (Å²) in [6.07, 6.45) is 4.91. The third kappa shape index (κ3) is 3.44. The van der Waals surface area contributed by atoms with Crippen molar-refractivity contribution in [2.45, 2.75) is 13.0 Å². The Balaban J connectivity index is 1.42. The van der Waals surface area contributed by atoms with E-state index in [0.717, 1.165) is 50.1 Å². The number of para-hydroxylation sites is 1. The number of carbonyl (C=O) groups is 1. The van der Waals surface area contributed by atoms with Crippen LogP contribution in [0.2, 0.25) is 0 Å². The lowest BCUT2D eigenvalue weighted by Gasteiger charge is -2.20. The Morgan fingerprint density at radius 3 is 2.88 bits per heavy atom. The number of furan rings is 1. The number of fused-ring (bicyclic) bond motifs is 1. The lowest BCUT2D eigenvalue weighted by molar-refractivity contribution is 0.0731. The highest BCUT2D eigenvalue weighted by molar-refractivity contribution is 5.96. The maximum absolute atomic E-state index is 12.8. The van der Waals surface area contributed by atoms with Crippen molar-refractivity contribution in [2.75, 3.05) is 26.2 Å². The molecule has 2 aromatic heterocycles. The summed E-state index contributed by atoms with van der Waals surface area (Å²) in [4.78, 5) is 17.1. The fourth-order valence-electron chi connectivity index (χ4n) is 3.39. The average Bonchev–Trinajstić information content (AvgIpc) is 3.15. The Kier molecular flexibility index (Phi) is 4.28. The van der Waals surface area contributed by atoms with Gasteiger partial charge >= 0.3 is 0 Å². The number of hydrogen-bond donors (Lipinski definition) is 0. The van der Waals surface area contributed by atoms with Crippen molar-refractivity contribution >= 4 is 16.9 Å². The highest BCUT2D eigenvalue weighted by Crippen LogP contribution is 2.20. The predicted molar refractivity (Wildman–Crippen MR) is 95.2 cm³/mol. The Morgan fingerprint density at radius 1 is 1.20 bits per heavy atom. The van der Waals surface area contributed by atoms with Crippen LogP contribution in [0.4, 0.5) is 0 Å². The van der Waals surface area contributed by atoms with Crippen LogP contribution in [-0.2, 0) is 13.6 Å². The van der Waals surface area contributed by atoms with Gasteiger partial charge in [0.2, 0.25) is 0 Å². The summed E-state index contributed by atoms with van der Waals surface area (Å²) in [6.45, 7) is 4.20. The number of aromatic nitrogens is 2. The van der Waals surface area contributed by atoms with Crippen LogP contribution in [0.15, 0.2) is 47.1 Å². The van der Waals surface area contributed by atoms with Crippen LogP contribution in [0.5, 0.6) is 0 Å². The summed E-state index contributed by atoms with van der Waals surface area (Å²) in [5.74, 6) is 0.418. The van der Waals surface area contributed by atoms with Gasteiger partial charge in [-0.25, -0.2) is 0 Å². The number of benzene rings is 1. The Bertz CT molecular complexity index is 849. The molecule has 1 aromatic carbocycles. The van der Waals surface area contributed by atoms with Crippen molar-refractivity contribution in [2.24, 2.45) is 7.05 Å². The summed E-state index contributed by atoms with van der Waals surface area (Å²) >= 11 is 0. The largest absolute Gasteiger partial charge is 0.451 e. The van der Waals surface area contributed by atoms with Gasteiger partial charge in [-0.3, -0.25) is 14.4 Å². The predicted octanol–water partition coefficient (Wildman–Crippen LogP) is 2.51. The summed E-state index contributed by atoms with van der Waals surface area (Å²) in [6, 6.07) is 9.57. The molecule has 0 radical (unpaired) electrons. The minimum atomic E-state index is -0.0144. The van der Waals surface area contributed by atoms with Gasteiger partial charge in [-0.1, -0.05) is 18.2 Å². The molecule has 1 amide bonds. The first-order chi connectivity index (χ1) is 12.2. The van der Waals surface area contributed by atoms with Crippen molar-refractivity contribution in [1.82, 2.24) is 19.6 Å². The van der Waals surface area contributed by atoms with E-state index in [0.29, 0.717) is 5.76 Å². The molecule has 25 heavy (non-hydrogen) atoms. The SMILES string of the molecule is Cn1cc(CN2CCCN(C(=O)c3cc4ccccc4o3)CC2)cn1. The van der Waals surface area contributed by atoms with Gasteiger partial charge in [0.1, 0.15) is 5.58 Å². The van der Waals surface area contributed by atoms with E-state index in [-0.39, 0.29) is 5.91 Å². The van der Waals surface area contributed by atoms with Crippen molar-refractivity contribution in [3.05, 3.63) is 54.0 Å². The number of aryl methyl sites for hydroxylation is 1. The Labute approximate surface area is 146 Å². The van der Waals surface area contributed by atoms with Crippen LogP contribution in [0.3, 0.4) is 0 Å². The summed E-state index contributed by atoms with van der Waals surface area (Å²) in [5, 5.41) is 5.19. The standard InChI is InChI=1S/C19H22N4O2/c1-21-13-15(12-20-21)14-22-7-4-8-23(10-9-22)19(24)18-11-16-5-2-3-6-17(16)25-18/h2-3,5-6,11-13H,4,7-10,14H2,1H3. The Hall–Kier alpha value is -2.60. The number of hydrogen-bond acceptors (Lipinski definition) is 4. The molecule has 0 unspecified atom stereocenters. The molecule has 1 aliphatic heterocycles. The van der Waals surface area contributed by atoms with E-state index < -0.39 is 0 Å². The highest BCUT2D eigenvalue weighted by atomic mass is 16.3. The molecule has 0 aliphatic carbocycles. The molecule has 3 heterocycles. The zero-order valence-electron chi connectivity index (χ0n) is 14.4. The van der Waals surface area contributed by atoms with Crippen molar-refractivity contribution in [3.8, 4) is 0 Å². The Morgan fingerprint density at radius 2 is 2.08 bits per heavy atom. The summed E-state index contributed by atoms with van der Waals surface area (Å²) in [7, 11) is 1.93. The summed E-state index contributed by atoms with van der Waals surface area (Å²) < 4.78 is 7.56. The second-order valence-corrected chi connectivity index (χ2v) is 6.59. The zero-order chi connectivity index (χ0) is 17.2. The molecule has 130 valence electrons. The van der Waals surface area contributed by atoms with Gasteiger partial charge < -0.3 is 9.32 Å². The minimum absolute atomic E-state index is 0.0144. The monoisotopic (exact) mass is 338 g/mol. The van der Waals surface area contributed by atoms with E-state index in [9.17, 15) is 4.79 Å². The molecule has 0 saturated carbocycles. The van der Waals surface area contributed by atoms with E-state index >= 15 is 0 Å². The first kappa shape index (κ1) is 15.9. The molecule has 0 bridgehead atoms. The number of amides is 1. The van der Waals surface area contributed by atoms with Crippen LogP contribution < -0.4 is 0 Å². The van der Waals surface area contributed by atoms with Gasteiger partial charge in [0, 0.05) is 56.9 Å². The minimum Gasteiger partial charge on any atom is -0.451 e. The second kappa shape index (κ2) is 6.72. The molecule has 1 aliphatic rings. The third-order valence-electron chi connectivity index (χ3n) is 4.68. The molecule has 1 fully saturated rings. The van der Waals surface area contributed by atoms with Gasteiger partial charge in [-0.15, -0.1) is 0 Å². The molecule has 6 heteroatoms. The van der Waals surface area contributed by atoms with Gasteiger partial charge in [0.25, 0.3) is 5.91 Å². The third-order valence-corrected chi connectivity index (χ3v) is 4.68. The molecule has 4 rings (SSSR count). The first-order valence-corrected chi connectivity index (χ1v) is 8.67. The van der Waals surface area contributed by atoms with Gasteiger partial charge in [-0.05, 0) is 18.6 Å². The van der Waals surface area contributed by atoms with Crippen molar-refractivity contribution in [3.63, 3.8) is 0 Å². The number of rotatable bonds is 3.